The summed E-state index contributed by atoms with van der Waals surface area (Å²) in [5.41, 5.74) is 1.28. The molecule has 0 atom stereocenters. The minimum Gasteiger partial charge on any atom is -0.388 e. The zero-order valence-corrected chi connectivity index (χ0v) is 11.4. The molecule has 1 aliphatic carbocycles. The molecule has 3 heteroatoms. The van der Waals surface area contributed by atoms with E-state index in [4.69, 9.17) is 0 Å². The van der Waals surface area contributed by atoms with Gasteiger partial charge in [0.05, 0.1) is 5.60 Å². The zero-order valence-electron chi connectivity index (χ0n) is 11.4. The first-order valence-corrected chi connectivity index (χ1v) is 6.83. The number of rotatable bonds is 4. The molecule has 3 nitrogen and oxygen atoms in total. The lowest BCUT2D eigenvalue weighted by Crippen LogP contribution is -2.40. The fourth-order valence-corrected chi connectivity index (χ4v) is 2.49. The molecule has 1 amide bonds. The van der Waals surface area contributed by atoms with E-state index in [9.17, 15) is 9.90 Å². The largest absolute Gasteiger partial charge is 0.388 e. The Balaban J connectivity index is 1.90. The van der Waals surface area contributed by atoms with Gasteiger partial charge in [0.2, 0.25) is 5.91 Å². The number of carbonyl (C=O) groups excluding carboxylic acids is 1. The molecule has 1 aliphatic rings. The molecule has 0 aromatic heterocycles. The number of hydrogen-bond donors (Lipinski definition) is 2. The monoisotopic (exact) mass is 259 g/mol. The zero-order chi connectivity index (χ0) is 13.7. The molecule has 19 heavy (non-hydrogen) atoms. The third-order valence-electron chi connectivity index (χ3n) is 3.70. The van der Waals surface area contributed by atoms with Crippen molar-refractivity contribution in [1.82, 2.24) is 5.32 Å². The number of allylic oxidation sites excluding steroid dienone is 1. The van der Waals surface area contributed by atoms with Gasteiger partial charge in [0.1, 0.15) is 0 Å². The molecule has 0 aliphatic heterocycles. The number of amides is 1. The second-order valence-electron chi connectivity index (χ2n) is 5.34. The summed E-state index contributed by atoms with van der Waals surface area (Å²) in [5.74, 6) is -0.137. The highest BCUT2D eigenvalue weighted by Crippen LogP contribution is 2.28. The lowest BCUT2D eigenvalue weighted by Gasteiger charge is -2.21. The summed E-state index contributed by atoms with van der Waals surface area (Å²) < 4.78 is 0. The molecule has 2 N–H and O–H groups in total. The Morgan fingerprint density at radius 1 is 1.32 bits per heavy atom. The van der Waals surface area contributed by atoms with E-state index in [1.807, 2.05) is 37.3 Å². The van der Waals surface area contributed by atoms with Gasteiger partial charge in [-0.1, -0.05) is 43.2 Å². The van der Waals surface area contributed by atoms with Crippen LogP contribution in [0.25, 0.3) is 5.57 Å². The quantitative estimate of drug-likeness (QED) is 0.816. The van der Waals surface area contributed by atoms with Crippen LogP contribution in [0.3, 0.4) is 0 Å². The van der Waals surface area contributed by atoms with Crippen LogP contribution in [0.1, 0.15) is 38.2 Å². The number of hydrogen-bond acceptors (Lipinski definition) is 2. The summed E-state index contributed by atoms with van der Waals surface area (Å²) in [7, 11) is 0. The van der Waals surface area contributed by atoms with Crippen LogP contribution >= 0.6 is 0 Å². The molecule has 0 spiro atoms. The lowest BCUT2D eigenvalue weighted by atomic mass is 10.0. The predicted molar refractivity (Wildman–Crippen MR) is 76.5 cm³/mol. The molecule has 0 heterocycles. The summed E-state index contributed by atoms with van der Waals surface area (Å²) in [6.45, 7) is 2.27. The molecule has 1 aromatic carbocycles. The van der Waals surface area contributed by atoms with Gasteiger partial charge in [0.25, 0.3) is 0 Å². The van der Waals surface area contributed by atoms with E-state index >= 15 is 0 Å². The molecule has 1 aromatic rings. The summed E-state index contributed by atoms with van der Waals surface area (Å²) in [5, 5.41) is 13.0. The van der Waals surface area contributed by atoms with Crippen LogP contribution in [0.4, 0.5) is 0 Å². The summed E-state index contributed by atoms with van der Waals surface area (Å²) >= 11 is 0. The van der Waals surface area contributed by atoms with Crippen LogP contribution in [-0.2, 0) is 4.79 Å². The molecular weight excluding hydrogens is 238 g/mol. The fourth-order valence-electron chi connectivity index (χ4n) is 2.49. The minimum absolute atomic E-state index is 0.137. The molecule has 1 fully saturated rings. The summed E-state index contributed by atoms with van der Waals surface area (Å²) in [4.78, 5) is 11.8. The Morgan fingerprint density at radius 2 is 1.95 bits per heavy atom. The standard InChI is InChI=1S/C16H21NO2/c1-13(14-7-3-2-4-8-14)11-15(18)17-12-16(19)9-5-6-10-16/h2-4,7-8,11,19H,5-6,9-10,12H2,1H3,(H,17,18)/b13-11+. The van der Waals surface area contributed by atoms with E-state index in [1.54, 1.807) is 6.08 Å². The topological polar surface area (TPSA) is 49.3 Å². The first-order chi connectivity index (χ1) is 9.09. The van der Waals surface area contributed by atoms with E-state index in [0.29, 0.717) is 6.54 Å². The highest BCUT2D eigenvalue weighted by atomic mass is 16.3. The molecule has 1 saturated carbocycles. The fraction of sp³-hybridized carbons (Fsp3) is 0.438. The maximum atomic E-state index is 11.8. The molecule has 0 unspecified atom stereocenters. The molecule has 0 bridgehead atoms. The average molecular weight is 259 g/mol. The van der Waals surface area contributed by atoms with Crippen molar-refractivity contribution in [2.75, 3.05) is 6.54 Å². The molecule has 0 radical (unpaired) electrons. The van der Waals surface area contributed by atoms with Gasteiger partial charge in [0.15, 0.2) is 0 Å². The van der Waals surface area contributed by atoms with Gasteiger partial charge in [0, 0.05) is 12.6 Å². The Kier molecular flexibility index (Phi) is 4.38. The van der Waals surface area contributed by atoms with E-state index in [-0.39, 0.29) is 5.91 Å². The first kappa shape index (κ1) is 13.8. The van der Waals surface area contributed by atoms with Crippen molar-refractivity contribution in [2.24, 2.45) is 0 Å². The van der Waals surface area contributed by atoms with Crippen LogP contribution < -0.4 is 5.32 Å². The normalized spacial score (nSPS) is 18.3. The third-order valence-corrected chi connectivity index (χ3v) is 3.70. The Hall–Kier alpha value is -1.61. The van der Waals surface area contributed by atoms with Gasteiger partial charge in [-0.15, -0.1) is 0 Å². The minimum atomic E-state index is -0.690. The van der Waals surface area contributed by atoms with Crippen LogP contribution in [0.15, 0.2) is 36.4 Å². The van der Waals surface area contributed by atoms with Gasteiger partial charge in [-0.3, -0.25) is 4.79 Å². The number of nitrogens with one attached hydrogen (secondary N) is 1. The number of aliphatic hydroxyl groups is 1. The van der Waals surface area contributed by atoms with Crippen molar-refractivity contribution in [3.8, 4) is 0 Å². The Bertz CT molecular complexity index is 459. The van der Waals surface area contributed by atoms with Crippen LogP contribution in [0.5, 0.6) is 0 Å². The van der Waals surface area contributed by atoms with Crippen molar-refractivity contribution < 1.29 is 9.90 Å². The van der Waals surface area contributed by atoms with E-state index in [1.165, 1.54) is 0 Å². The second kappa shape index (κ2) is 6.02. The lowest BCUT2D eigenvalue weighted by molar-refractivity contribution is -0.117. The van der Waals surface area contributed by atoms with Gasteiger partial charge < -0.3 is 10.4 Å². The number of carbonyl (C=O) groups is 1. The summed E-state index contributed by atoms with van der Waals surface area (Å²) in [6.07, 6.45) is 5.26. The van der Waals surface area contributed by atoms with Gasteiger partial charge >= 0.3 is 0 Å². The van der Waals surface area contributed by atoms with Gasteiger partial charge in [-0.05, 0) is 30.9 Å². The number of benzene rings is 1. The highest BCUT2D eigenvalue weighted by molar-refractivity contribution is 5.94. The average Bonchev–Trinajstić information content (AvgIpc) is 2.85. The summed E-state index contributed by atoms with van der Waals surface area (Å²) in [6, 6.07) is 9.80. The van der Waals surface area contributed by atoms with Crippen molar-refractivity contribution in [2.45, 2.75) is 38.2 Å². The Labute approximate surface area is 114 Å². The smallest absolute Gasteiger partial charge is 0.244 e. The van der Waals surface area contributed by atoms with Crippen molar-refractivity contribution in [1.29, 1.82) is 0 Å². The third kappa shape index (κ3) is 3.93. The van der Waals surface area contributed by atoms with Crippen molar-refractivity contribution >= 4 is 11.5 Å². The Morgan fingerprint density at radius 3 is 2.58 bits per heavy atom. The predicted octanol–water partition coefficient (Wildman–Crippen LogP) is 2.51. The molecular formula is C16H21NO2. The van der Waals surface area contributed by atoms with Crippen LogP contribution in [-0.4, -0.2) is 23.2 Å². The van der Waals surface area contributed by atoms with Crippen LogP contribution in [0.2, 0.25) is 0 Å². The van der Waals surface area contributed by atoms with E-state index in [2.05, 4.69) is 5.32 Å². The SMILES string of the molecule is C/C(=C\C(=O)NCC1(O)CCCC1)c1ccccc1. The van der Waals surface area contributed by atoms with Crippen LogP contribution in [0, 0.1) is 0 Å². The van der Waals surface area contributed by atoms with Gasteiger partial charge in [-0.2, -0.15) is 0 Å². The molecule has 2 rings (SSSR count). The highest BCUT2D eigenvalue weighted by Gasteiger charge is 2.30. The maximum absolute atomic E-state index is 11.8. The van der Waals surface area contributed by atoms with Crippen molar-refractivity contribution in [3.05, 3.63) is 42.0 Å². The van der Waals surface area contributed by atoms with E-state index in [0.717, 1.165) is 36.8 Å². The van der Waals surface area contributed by atoms with Gasteiger partial charge in [-0.25, -0.2) is 0 Å². The van der Waals surface area contributed by atoms with E-state index < -0.39 is 5.60 Å². The first-order valence-electron chi connectivity index (χ1n) is 6.83. The second-order valence-corrected chi connectivity index (χ2v) is 5.34. The van der Waals surface area contributed by atoms with Crippen molar-refractivity contribution in [3.63, 3.8) is 0 Å². The molecule has 0 saturated heterocycles. The molecule has 102 valence electrons. The maximum Gasteiger partial charge on any atom is 0.244 e.